The SMILES string of the molecule is CC(C)[C@H](NC(=O)NC1(C)CCC1)C(=O)O. The third-order valence-electron chi connectivity index (χ3n) is 3.09. The van der Waals surface area contributed by atoms with Crippen LogP contribution in [0.2, 0.25) is 0 Å². The molecule has 0 radical (unpaired) electrons. The summed E-state index contributed by atoms with van der Waals surface area (Å²) in [6, 6.07) is -1.22. The number of nitrogens with one attached hydrogen (secondary N) is 2. The van der Waals surface area contributed by atoms with E-state index in [0.717, 1.165) is 19.3 Å². The van der Waals surface area contributed by atoms with E-state index in [9.17, 15) is 9.59 Å². The summed E-state index contributed by atoms with van der Waals surface area (Å²) in [6.45, 7) is 5.51. The minimum absolute atomic E-state index is 0.127. The lowest BCUT2D eigenvalue weighted by Crippen LogP contribution is -2.57. The third-order valence-corrected chi connectivity index (χ3v) is 3.09. The van der Waals surface area contributed by atoms with E-state index >= 15 is 0 Å². The first-order valence-corrected chi connectivity index (χ1v) is 5.65. The Morgan fingerprint density at radius 1 is 1.31 bits per heavy atom. The fraction of sp³-hybridized carbons (Fsp3) is 0.818. The minimum Gasteiger partial charge on any atom is -0.480 e. The molecule has 1 aliphatic carbocycles. The lowest BCUT2D eigenvalue weighted by atomic mass is 9.79. The quantitative estimate of drug-likeness (QED) is 0.679. The van der Waals surface area contributed by atoms with Gasteiger partial charge in [0.15, 0.2) is 0 Å². The minimum atomic E-state index is -0.996. The summed E-state index contributed by atoms with van der Waals surface area (Å²) in [6.07, 6.45) is 3.03. The first kappa shape index (κ1) is 12.8. The Bertz CT molecular complexity index is 285. The second kappa shape index (κ2) is 4.72. The van der Waals surface area contributed by atoms with E-state index < -0.39 is 12.0 Å². The van der Waals surface area contributed by atoms with Gasteiger partial charge in [-0.15, -0.1) is 0 Å². The number of urea groups is 1. The zero-order chi connectivity index (χ0) is 12.3. The Morgan fingerprint density at radius 2 is 1.88 bits per heavy atom. The molecule has 0 saturated heterocycles. The molecule has 1 fully saturated rings. The van der Waals surface area contributed by atoms with Gasteiger partial charge < -0.3 is 15.7 Å². The van der Waals surface area contributed by atoms with Crippen LogP contribution in [0.4, 0.5) is 4.79 Å². The van der Waals surface area contributed by atoms with Crippen LogP contribution < -0.4 is 10.6 Å². The Morgan fingerprint density at radius 3 is 2.19 bits per heavy atom. The highest BCUT2D eigenvalue weighted by atomic mass is 16.4. The number of carbonyl (C=O) groups excluding carboxylic acids is 1. The van der Waals surface area contributed by atoms with Crippen molar-refractivity contribution in [1.29, 1.82) is 0 Å². The average Bonchev–Trinajstić information content (AvgIpc) is 2.10. The highest BCUT2D eigenvalue weighted by Crippen LogP contribution is 2.30. The highest BCUT2D eigenvalue weighted by molar-refractivity contribution is 5.83. The predicted molar refractivity (Wildman–Crippen MR) is 60.2 cm³/mol. The van der Waals surface area contributed by atoms with E-state index in [0.29, 0.717) is 0 Å². The van der Waals surface area contributed by atoms with Crippen molar-refractivity contribution in [3.8, 4) is 0 Å². The number of rotatable bonds is 4. The van der Waals surface area contributed by atoms with E-state index in [1.165, 1.54) is 0 Å². The van der Waals surface area contributed by atoms with E-state index in [4.69, 9.17) is 5.11 Å². The second-order valence-electron chi connectivity index (χ2n) is 5.07. The van der Waals surface area contributed by atoms with Gasteiger partial charge in [-0.1, -0.05) is 13.8 Å². The largest absolute Gasteiger partial charge is 0.480 e. The van der Waals surface area contributed by atoms with E-state index in [2.05, 4.69) is 10.6 Å². The molecule has 0 heterocycles. The zero-order valence-electron chi connectivity index (χ0n) is 10.0. The molecule has 16 heavy (non-hydrogen) atoms. The van der Waals surface area contributed by atoms with Crippen molar-refractivity contribution in [1.82, 2.24) is 10.6 Å². The summed E-state index contributed by atoms with van der Waals surface area (Å²) in [7, 11) is 0. The second-order valence-corrected chi connectivity index (χ2v) is 5.07. The van der Waals surface area contributed by atoms with Gasteiger partial charge in [0.1, 0.15) is 6.04 Å². The van der Waals surface area contributed by atoms with Crippen LogP contribution in [0.5, 0.6) is 0 Å². The van der Waals surface area contributed by atoms with Crippen LogP contribution in [-0.2, 0) is 4.79 Å². The lowest BCUT2D eigenvalue weighted by Gasteiger charge is -2.39. The van der Waals surface area contributed by atoms with Gasteiger partial charge >= 0.3 is 12.0 Å². The smallest absolute Gasteiger partial charge is 0.326 e. The topological polar surface area (TPSA) is 78.4 Å². The molecule has 1 rings (SSSR count). The number of carboxylic acid groups (broad SMARTS) is 1. The van der Waals surface area contributed by atoms with Crippen molar-refractivity contribution in [2.75, 3.05) is 0 Å². The molecule has 3 N–H and O–H groups in total. The van der Waals surface area contributed by atoms with Crippen molar-refractivity contribution in [3.05, 3.63) is 0 Å². The maximum Gasteiger partial charge on any atom is 0.326 e. The number of amides is 2. The van der Waals surface area contributed by atoms with Crippen LogP contribution in [0, 0.1) is 5.92 Å². The number of hydrogen-bond acceptors (Lipinski definition) is 2. The molecule has 92 valence electrons. The fourth-order valence-electron chi connectivity index (χ4n) is 1.80. The summed E-state index contributed by atoms with van der Waals surface area (Å²) in [5.41, 5.74) is -0.149. The standard InChI is InChI=1S/C11H20N2O3/c1-7(2)8(9(14)15)12-10(16)13-11(3)5-4-6-11/h7-8H,4-6H2,1-3H3,(H,14,15)(H2,12,13,16)/t8-/m0/s1. The predicted octanol–water partition coefficient (Wildman–Crippen LogP) is 1.34. The van der Waals surface area contributed by atoms with E-state index in [-0.39, 0.29) is 17.5 Å². The van der Waals surface area contributed by atoms with Crippen molar-refractivity contribution >= 4 is 12.0 Å². The fourth-order valence-corrected chi connectivity index (χ4v) is 1.80. The first-order valence-electron chi connectivity index (χ1n) is 5.65. The maximum absolute atomic E-state index is 11.6. The molecule has 0 spiro atoms. The van der Waals surface area contributed by atoms with Crippen LogP contribution in [0.15, 0.2) is 0 Å². The van der Waals surface area contributed by atoms with E-state index in [1.807, 2.05) is 6.92 Å². The van der Waals surface area contributed by atoms with Gasteiger partial charge in [-0.2, -0.15) is 0 Å². The number of hydrogen-bond donors (Lipinski definition) is 3. The summed E-state index contributed by atoms with van der Waals surface area (Å²) >= 11 is 0. The van der Waals surface area contributed by atoms with Gasteiger partial charge in [-0.25, -0.2) is 9.59 Å². The van der Waals surface area contributed by atoms with Gasteiger partial charge in [0, 0.05) is 5.54 Å². The summed E-state index contributed by atoms with van der Waals surface area (Å²) in [5, 5.41) is 14.2. The van der Waals surface area contributed by atoms with Crippen LogP contribution in [0.25, 0.3) is 0 Å². The van der Waals surface area contributed by atoms with Crippen LogP contribution >= 0.6 is 0 Å². The molecule has 2 amide bonds. The van der Waals surface area contributed by atoms with Gasteiger partial charge in [0.25, 0.3) is 0 Å². The molecule has 1 saturated carbocycles. The molecule has 5 nitrogen and oxygen atoms in total. The Balaban J connectivity index is 2.45. The van der Waals surface area contributed by atoms with Gasteiger partial charge in [0.05, 0.1) is 0 Å². The molecule has 5 heteroatoms. The molecule has 0 aromatic carbocycles. The summed E-state index contributed by atoms with van der Waals surface area (Å²) in [4.78, 5) is 22.5. The maximum atomic E-state index is 11.6. The molecule has 0 aromatic rings. The molecule has 1 aliphatic rings. The van der Waals surface area contributed by atoms with Gasteiger partial charge in [-0.05, 0) is 32.1 Å². The Kier molecular flexibility index (Phi) is 3.78. The highest BCUT2D eigenvalue weighted by Gasteiger charge is 2.34. The van der Waals surface area contributed by atoms with Crippen molar-refractivity contribution in [3.63, 3.8) is 0 Å². The number of aliphatic carboxylic acids is 1. The third kappa shape index (κ3) is 3.12. The molecule has 0 unspecified atom stereocenters. The normalized spacial score (nSPS) is 19.8. The van der Waals surface area contributed by atoms with Gasteiger partial charge in [-0.3, -0.25) is 0 Å². The molecule has 0 bridgehead atoms. The van der Waals surface area contributed by atoms with Crippen LogP contribution in [-0.4, -0.2) is 28.7 Å². The van der Waals surface area contributed by atoms with E-state index in [1.54, 1.807) is 13.8 Å². The lowest BCUT2D eigenvalue weighted by molar-refractivity contribution is -0.140. The van der Waals surface area contributed by atoms with Gasteiger partial charge in [0.2, 0.25) is 0 Å². The first-order chi connectivity index (χ1) is 7.34. The summed E-state index contributed by atoms with van der Waals surface area (Å²) < 4.78 is 0. The average molecular weight is 228 g/mol. The molecule has 1 atom stereocenters. The molecular formula is C11H20N2O3. The zero-order valence-corrected chi connectivity index (χ0v) is 10.0. The van der Waals surface area contributed by atoms with Crippen LogP contribution in [0.3, 0.4) is 0 Å². The Hall–Kier alpha value is -1.26. The molecular weight excluding hydrogens is 208 g/mol. The molecule has 0 aromatic heterocycles. The Labute approximate surface area is 95.6 Å². The molecule has 0 aliphatic heterocycles. The van der Waals surface area contributed by atoms with Crippen molar-refractivity contribution in [2.45, 2.75) is 51.6 Å². The monoisotopic (exact) mass is 228 g/mol. The van der Waals surface area contributed by atoms with Crippen LogP contribution in [0.1, 0.15) is 40.0 Å². The van der Waals surface area contributed by atoms with Crippen molar-refractivity contribution in [2.24, 2.45) is 5.92 Å². The summed E-state index contributed by atoms with van der Waals surface area (Å²) in [5.74, 6) is -1.12. The number of carbonyl (C=O) groups is 2. The number of carboxylic acids is 1. The van der Waals surface area contributed by atoms with Crippen molar-refractivity contribution < 1.29 is 14.7 Å².